The fourth-order valence-electron chi connectivity index (χ4n) is 4.31. The first-order chi connectivity index (χ1) is 12.0. The zero-order chi connectivity index (χ0) is 17.6. The molecule has 0 unspecified atom stereocenters. The number of nitrogens with one attached hydrogen (secondary N) is 1. The lowest BCUT2D eigenvalue weighted by Gasteiger charge is -2.52. The molecule has 2 aromatic rings. The highest BCUT2D eigenvalue weighted by Gasteiger charge is 2.43. The number of hydrogen-bond acceptors (Lipinski definition) is 4. The molecule has 1 amide bonds. The monoisotopic (exact) mass is 341 g/mol. The molecular formula is C19H27N5O. The minimum Gasteiger partial charge on any atom is -0.342 e. The average Bonchev–Trinajstić information content (AvgIpc) is 2.99. The number of likely N-dealkylation sites (tertiary alicyclic amines) is 1. The maximum Gasteiger partial charge on any atom is 0.256 e. The summed E-state index contributed by atoms with van der Waals surface area (Å²) in [6.45, 7) is 6.66. The van der Waals surface area contributed by atoms with Crippen LogP contribution in [0.15, 0.2) is 18.2 Å². The summed E-state index contributed by atoms with van der Waals surface area (Å²) >= 11 is 0. The van der Waals surface area contributed by atoms with Gasteiger partial charge in [0.05, 0.1) is 11.1 Å². The lowest BCUT2D eigenvalue weighted by molar-refractivity contribution is -0.0169. The topological polar surface area (TPSA) is 55.5 Å². The second-order valence-electron chi connectivity index (χ2n) is 7.70. The first-order valence-electron chi connectivity index (χ1n) is 9.13. The molecule has 0 bridgehead atoms. The molecule has 2 saturated heterocycles. The van der Waals surface area contributed by atoms with Crippen LogP contribution in [0.1, 0.15) is 29.0 Å². The van der Waals surface area contributed by atoms with Crippen molar-refractivity contribution in [1.29, 1.82) is 0 Å². The third kappa shape index (κ3) is 2.83. The summed E-state index contributed by atoms with van der Waals surface area (Å²) in [6.07, 6.45) is 2.24. The molecule has 25 heavy (non-hydrogen) atoms. The van der Waals surface area contributed by atoms with Gasteiger partial charge in [-0.25, -0.2) is 4.98 Å². The summed E-state index contributed by atoms with van der Waals surface area (Å²) in [4.78, 5) is 27.9. The minimum absolute atomic E-state index is 0.114. The Hall–Kier alpha value is -1.92. The van der Waals surface area contributed by atoms with Crippen LogP contribution in [-0.2, 0) is 0 Å². The highest BCUT2D eigenvalue weighted by Crippen LogP contribution is 2.32. The number of fused-ring (bicyclic) bond motifs is 1. The van der Waals surface area contributed by atoms with Crippen molar-refractivity contribution in [1.82, 2.24) is 24.7 Å². The lowest BCUT2D eigenvalue weighted by atomic mass is 9.83. The van der Waals surface area contributed by atoms with Crippen LogP contribution in [0, 0.1) is 6.92 Å². The molecule has 2 aliphatic rings. The van der Waals surface area contributed by atoms with Crippen molar-refractivity contribution in [3.63, 3.8) is 0 Å². The van der Waals surface area contributed by atoms with Gasteiger partial charge in [-0.1, -0.05) is 6.07 Å². The van der Waals surface area contributed by atoms with Gasteiger partial charge >= 0.3 is 0 Å². The average molecular weight is 341 g/mol. The van der Waals surface area contributed by atoms with E-state index >= 15 is 0 Å². The normalized spacial score (nSPS) is 22.0. The Morgan fingerprint density at radius 3 is 2.68 bits per heavy atom. The van der Waals surface area contributed by atoms with Gasteiger partial charge in [-0.05, 0) is 59.1 Å². The number of amides is 1. The molecule has 2 aliphatic heterocycles. The van der Waals surface area contributed by atoms with E-state index in [-0.39, 0.29) is 11.4 Å². The zero-order valence-electron chi connectivity index (χ0n) is 15.4. The molecule has 0 saturated carbocycles. The third-order valence-corrected chi connectivity index (χ3v) is 6.07. The molecule has 1 N–H and O–H groups in total. The van der Waals surface area contributed by atoms with Gasteiger partial charge in [-0.3, -0.25) is 9.69 Å². The molecule has 0 radical (unpaired) electrons. The van der Waals surface area contributed by atoms with Gasteiger partial charge in [0.2, 0.25) is 0 Å². The molecule has 3 heterocycles. The quantitative estimate of drug-likeness (QED) is 0.858. The van der Waals surface area contributed by atoms with Crippen LogP contribution < -0.4 is 0 Å². The zero-order valence-corrected chi connectivity index (χ0v) is 15.4. The van der Waals surface area contributed by atoms with E-state index in [0.29, 0.717) is 0 Å². The number of para-hydroxylation sites is 1. The number of piperidine rings is 1. The molecule has 6 heteroatoms. The molecule has 1 aromatic carbocycles. The first-order valence-corrected chi connectivity index (χ1v) is 9.13. The number of carbonyl (C=O) groups excluding carboxylic acids is 1. The molecule has 134 valence electrons. The number of rotatable bonds is 1. The highest BCUT2D eigenvalue weighted by atomic mass is 16.2. The van der Waals surface area contributed by atoms with Gasteiger partial charge in [-0.2, -0.15) is 0 Å². The molecule has 0 aliphatic carbocycles. The van der Waals surface area contributed by atoms with Gasteiger partial charge in [0.1, 0.15) is 11.3 Å². The summed E-state index contributed by atoms with van der Waals surface area (Å²) < 4.78 is 0. The minimum atomic E-state index is 0.114. The van der Waals surface area contributed by atoms with E-state index in [0.717, 1.165) is 68.0 Å². The fourth-order valence-corrected chi connectivity index (χ4v) is 4.31. The number of H-pyrrole nitrogens is 1. The predicted octanol–water partition coefficient (Wildman–Crippen LogP) is 1.72. The fraction of sp³-hybridized carbons (Fsp3) is 0.579. The van der Waals surface area contributed by atoms with Crippen molar-refractivity contribution < 1.29 is 4.79 Å². The van der Waals surface area contributed by atoms with Gasteiger partial charge in [0.25, 0.3) is 5.91 Å². The maximum absolute atomic E-state index is 13.3. The Bertz CT molecular complexity index is 790. The van der Waals surface area contributed by atoms with E-state index < -0.39 is 0 Å². The Morgan fingerprint density at radius 2 is 1.92 bits per heavy atom. The number of nitrogens with zero attached hydrogens (tertiary/aromatic N) is 4. The second kappa shape index (κ2) is 6.11. The van der Waals surface area contributed by atoms with Crippen molar-refractivity contribution in [3.8, 4) is 0 Å². The molecular weight excluding hydrogens is 314 g/mol. The van der Waals surface area contributed by atoms with Crippen LogP contribution in [0.5, 0.6) is 0 Å². The summed E-state index contributed by atoms with van der Waals surface area (Å²) in [5.74, 6) is 0.962. The van der Waals surface area contributed by atoms with E-state index in [9.17, 15) is 4.79 Å². The lowest BCUT2D eigenvalue weighted by Crippen LogP contribution is -2.65. The molecule has 1 aromatic heterocycles. The number of benzene rings is 1. The van der Waals surface area contributed by atoms with Crippen molar-refractivity contribution >= 4 is 16.9 Å². The van der Waals surface area contributed by atoms with E-state index in [1.165, 1.54) is 0 Å². The van der Waals surface area contributed by atoms with Gasteiger partial charge in [0.15, 0.2) is 0 Å². The van der Waals surface area contributed by atoms with Gasteiger partial charge in [0, 0.05) is 25.2 Å². The number of hydrogen-bond donors (Lipinski definition) is 1. The third-order valence-electron chi connectivity index (χ3n) is 6.07. The van der Waals surface area contributed by atoms with Crippen LogP contribution in [-0.4, -0.2) is 82.9 Å². The van der Waals surface area contributed by atoms with Crippen LogP contribution in [0.25, 0.3) is 11.0 Å². The molecule has 4 rings (SSSR count). The molecule has 1 spiro atoms. The summed E-state index contributed by atoms with van der Waals surface area (Å²) in [6, 6.07) is 5.83. The van der Waals surface area contributed by atoms with Crippen LogP contribution in [0.2, 0.25) is 0 Å². The number of aromatic nitrogens is 2. The van der Waals surface area contributed by atoms with Crippen LogP contribution in [0.4, 0.5) is 0 Å². The Kier molecular flexibility index (Phi) is 4.04. The summed E-state index contributed by atoms with van der Waals surface area (Å²) in [7, 11) is 4.39. The number of piperazine rings is 1. The van der Waals surface area contributed by atoms with Crippen molar-refractivity contribution in [3.05, 3.63) is 29.6 Å². The maximum atomic E-state index is 13.3. The second-order valence-corrected chi connectivity index (χ2v) is 7.70. The number of imidazole rings is 1. The number of aromatic amines is 1. The SMILES string of the molecule is Cc1nc2c(C(=O)N3CCN(C)C4(CCN(C)CC4)C3)cccc2[nH]1. The summed E-state index contributed by atoms with van der Waals surface area (Å²) in [5, 5.41) is 0. The number of aryl methyl sites for hydroxylation is 1. The Balaban J connectivity index is 1.61. The summed E-state index contributed by atoms with van der Waals surface area (Å²) in [5.41, 5.74) is 2.57. The van der Waals surface area contributed by atoms with Crippen molar-refractivity contribution in [2.24, 2.45) is 0 Å². The molecule has 6 nitrogen and oxygen atoms in total. The van der Waals surface area contributed by atoms with Crippen molar-refractivity contribution in [2.45, 2.75) is 25.3 Å². The highest BCUT2D eigenvalue weighted by molar-refractivity contribution is 6.05. The van der Waals surface area contributed by atoms with Crippen LogP contribution in [0.3, 0.4) is 0 Å². The van der Waals surface area contributed by atoms with E-state index in [1.807, 2.05) is 30.0 Å². The predicted molar refractivity (Wildman–Crippen MR) is 98.8 cm³/mol. The largest absolute Gasteiger partial charge is 0.342 e. The van der Waals surface area contributed by atoms with Gasteiger partial charge in [-0.15, -0.1) is 0 Å². The number of carbonyl (C=O) groups is 1. The molecule has 0 atom stereocenters. The smallest absolute Gasteiger partial charge is 0.256 e. The van der Waals surface area contributed by atoms with Gasteiger partial charge < -0.3 is 14.8 Å². The first kappa shape index (κ1) is 16.5. The Labute approximate surface area is 148 Å². The van der Waals surface area contributed by atoms with E-state index in [1.54, 1.807) is 0 Å². The Morgan fingerprint density at radius 1 is 1.16 bits per heavy atom. The standard InChI is InChI=1S/C19H27N5O/c1-14-20-16-6-4-5-15(17(16)21-14)18(25)24-12-11-23(3)19(13-24)7-9-22(2)10-8-19/h4-6H,7-13H2,1-3H3,(H,20,21). The van der Waals surface area contributed by atoms with Crippen molar-refractivity contribution in [2.75, 3.05) is 46.8 Å². The van der Waals surface area contributed by atoms with E-state index in [4.69, 9.17) is 0 Å². The van der Waals surface area contributed by atoms with E-state index in [2.05, 4.69) is 33.9 Å². The number of likely N-dealkylation sites (N-methyl/N-ethyl adjacent to an activating group) is 1. The molecule has 2 fully saturated rings. The van der Waals surface area contributed by atoms with Crippen LogP contribution >= 0.6 is 0 Å².